The van der Waals surface area contributed by atoms with Crippen molar-refractivity contribution in [3.63, 3.8) is 0 Å². The highest BCUT2D eigenvalue weighted by Crippen LogP contribution is 2.22. The largest absolute Gasteiger partial charge is 0.324 e. The summed E-state index contributed by atoms with van der Waals surface area (Å²) in [6.07, 6.45) is 0. The van der Waals surface area contributed by atoms with Crippen molar-refractivity contribution in [2.45, 2.75) is 12.7 Å². The third-order valence-electron chi connectivity index (χ3n) is 2.79. The summed E-state index contributed by atoms with van der Waals surface area (Å²) >= 11 is 7.38. The van der Waals surface area contributed by atoms with Gasteiger partial charge in [0.15, 0.2) is 0 Å². The average Bonchev–Trinajstić information content (AvgIpc) is 2.42. The highest BCUT2D eigenvalue weighted by atomic mass is 35.5. The number of hydrogen-bond donors (Lipinski definition) is 1. The number of rotatable bonds is 5. The average molecular weight is 324 g/mol. The molecule has 0 saturated heterocycles. The van der Waals surface area contributed by atoms with Crippen LogP contribution >= 0.6 is 23.4 Å². The fourth-order valence-corrected chi connectivity index (χ4v) is 2.83. The molecule has 0 atom stereocenters. The van der Waals surface area contributed by atoms with Gasteiger partial charge in [0.1, 0.15) is 5.82 Å². The van der Waals surface area contributed by atoms with Crippen LogP contribution in [0.5, 0.6) is 0 Å². The van der Waals surface area contributed by atoms with E-state index in [9.17, 15) is 9.18 Å². The second kappa shape index (κ2) is 7.48. The predicted molar refractivity (Wildman–Crippen MR) is 87.4 cm³/mol. The van der Waals surface area contributed by atoms with E-state index in [-0.39, 0.29) is 10.9 Å². The Labute approximate surface area is 132 Å². The van der Waals surface area contributed by atoms with Crippen LogP contribution in [0.3, 0.4) is 0 Å². The molecule has 1 N–H and O–H groups in total. The Balaban J connectivity index is 1.82. The van der Waals surface area contributed by atoms with Gasteiger partial charge >= 0.3 is 0 Å². The monoisotopic (exact) mass is 323 g/mol. The van der Waals surface area contributed by atoms with E-state index in [1.165, 1.54) is 41.1 Å². The minimum atomic E-state index is -0.424. The fourth-order valence-electron chi connectivity index (χ4n) is 1.84. The molecule has 5 heteroatoms. The fraction of sp³-hybridized carbons (Fsp3) is 0.188. The van der Waals surface area contributed by atoms with E-state index < -0.39 is 5.82 Å². The van der Waals surface area contributed by atoms with Crippen molar-refractivity contribution in [2.75, 3.05) is 11.1 Å². The quantitative estimate of drug-likeness (QED) is 0.867. The maximum atomic E-state index is 12.9. The molecule has 1 amide bonds. The Bertz CT molecular complexity index is 648. The number of halogens is 2. The second-order valence-electron chi connectivity index (χ2n) is 4.65. The van der Waals surface area contributed by atoms with E-state index in [1.54, 1.807) is 0 Å². The molecule has 0 aromatic heterocycles. The van der Waals surface area contributed by atoms with E-state index >= 15 is 0 Å². The molecule has 110 valence electrons. The molecule has 0 aliphatic heterocycles. The molecule has 0 fully saturated rings. The topological polar surface area (TPSA) is 29.1 Å². The van der Waals surface area contributed by atoms with Crippen molar-refractivity contribution in [3.05, 3.63) is 64.4 Å². The van der Waals surface area contributed by atoms with Crippen molar-refractivity contribution in [1.82, 2.24) is 0 Å². The van der Waals surface area contributed by atoms with Gasteiger partial charge in [0.05, 0.1) is 16.5 Å². The molecule has 2 aromatic rings. The summed E-state index contributed by atoms with van der Waals surface area (Å²) in [5, 5.41) is 2.88. The number of anilines is 1. The van der Waals surface area contributed by atoms with Crippen LogP contribution in [-0.4, -0.2) is 11.7 Å². The molecule has 0 heterocycles. The van der Waals surface area contributed by atoms with Crippen molar-refractivity contribution in [2.24, 2.45) is 0 Å². The number of amides is 1. The number of carbonyl (C=O) groups excluding carboxylic acids is 1. The van der Waals surface area contributed by atoms with Gasteiger partial charge in [-0.15, -0.1) is 11.8 Å². The van der Waals surface area contributed by atoms with Crippen LogP contribution in [0, 0.1) is 12.7 Å². The SMILES string of the molecule is Cc1cccc(CSCC(=O)Nc2ccc(F)cc2Cl)c1. The van der Waals surface area contributed by atoms with E-state index in [2.05, 4.69) is 11.4 Å². The van der Waals surface area contributed by atoms with E-state index in [0.29, 0.717) is 11.4 Å². The first-order chi connectivity index (χ1) is 10.0. The number of benzene rings is 2. The summed E-state index contributed by atoms with van der Waals surface area (Å²) in [7, 11) is 0. The number of nitrogens with one attached hydrogen (secondary N) is 1. The summed E-state index contributed by atoms with van der Waals surface area (Å²) in [6, 6.07) is 12.1. The second-order valence-corrected chi connectivity index (χ2v) is 6.05. The Morgan fingerprint density at radius 2 is 2.10 bits per heavy atom. The van der Waals surface area contributed by atoms with E-state index in [1.807, 2.05) is 25.1 Å². The molecule has 2 rings (SSSR count). The first kappa shape index (κ1) is 15.9. The van der Waals surface area contributed by atoms with Gasteiger partial charge in [0, 0.05) is 5.75 Å². The molecular formula is C16H15ClFNOS. The highest BCUT2D eigenvalue weighted by Gasteiger charge is 2.07. The first-order valence-electron chi connectivity index (χ1n) is 6.43. The Kier molecular flexibility index (Phi) is 5.65. The van der Waals surface area contributed by atoms with Crippen LogP contribution in [0.25, 0.3) is 0 Å². The molecule has 0 radical (unpaired) electrons. The molecule has 21 heavy (non-hydrogen) atoms. The van der Waals surface area contributed by atoms with Crippen molar-refractivity contribution in [1.29, 1.82) is 0 Å². The van der Waals surface area contributed by atoms with Crippen LogP contribution in [0.4, 0.5) is 10.1 Å². The summed E-state index contributed by atoms with van der Waals surface area (Å²) in [5.41, 5.74) is 2.82. The van der Waals surface area contributed by atoms with Gasteiger partial charge in [-0.2, -0.15) is 0 Å². The van der Waals surface area contributed by atoms with E-state index in [4.69, 9.17) is 11.6 Å². The lowest BCUT2D eigenvalue weighted by molar-refractivity contribution is -0.113. The lowest BCUT2D eigenvalue weighted by atomic mass is 10.2. The molecule has 0 unspecified atom stereocenters. The standard InChI is InChI=1S/C16H15ClFNOS/c1-11-3-2-4-12(7-11)9-21-10-16(20)19-15-6-5-13(18)8-14(15)17/h2-8H,9-10H2,1H3,(H,19,20). The summed E-state index contributed by atoms with van der Waals surface area (Å²) in [5.74, 6) is 0.515. The Hall–Kier alpha value is -1.52. The summed E-state index contributed by atoms with van der Waals surface area (Å²) in [6.45, 7) is 2.04. The smallest absolute Gasteiger partial charge is 0.234 e. The zero-order chi connectivity index (χ0) is 15.2. The van der Waals surface area contributed by atoms with Crippen LogP contribution in [0.15, 0.2) is 42.5 Å². The van der Waals surface area contributed by atoms with Gasteiger partial charge in [-0.05, 0) is 30.7 Å². The number of aryl methyl sites for hydroxylation is 1. The molecule has 0 bridgehead atoms. The van der Waals surface area contributed by atoms with Gasteiger partial charge in [-0.3, -0.25) is 4.79 Å². The normalized spacial score (nSPS) is 10.4. The van der Waals surface area contributed by atoms with E-state index in [0.717, 1.165) is 5.75 Å². The number of hydrogen-bond acceptors (Lipinski definition) is 2. The van der Waals surface area contributed by atoms with Crippen molar-refractivity contribution < 1.29 is 9.18 Å². The van der Waals surface area contributed by atoms with Gasteiger partial charge in [0.25, 0.3) is 0 Å². The third-order valence-corrected chi connectivity index (χ3v) is 4.11. The van der Waals surface area contributed by atoms with Crippen LogP contribution in [-0.2, 0) is 10.5 Å². The number of thioether (sulfide) groups is 1. The Morgan fingerprint density at radius 1 is 1.29 bits per heavy atom. The van der Waals surface area contributed by atoms with Gasteiger partial charge in [-0.1, -0.05) is 41.4 Å². The first-order valence-corrected chi connectivity index (χ1v) is 7.96. The highest BCUT2D eigenvalue weighted by molar-refractivity contribution is 7.99. The lowest BCUT2D eigenvalue weighted by Crippen LogP contribution is -2.14. The van der Waals surface area contributed by atoms with Crippen molar-refractivity contribution >= 4 is 35.0 Å². The van der Waals surface area contributed by atoms with Crippen molar-refractivity contribution in [3.8, 4) is 0 Å². The zero-order valence-electron chi connectivity index (χ0n) is 11.5. The van der Waals surface area contributed by atoms with Crippen LogP contribution in [0.1, 0.15) is 11.1 Å². The molecule has 0 aliphatic carbocycles. The van der Waals surface area contributed by atoms with Gasteiger partial charge in [0.2, 0.25) is 5.91 Å². The van der Waals surface area contributed by atoms with Gasteiger partial charge in [-0.25, -0.2) is 4.39 Å². The zero-order valence-corrected chi connectivity index (χ0v) is 13.1. The third kappa shape index (κ3) is 5.06. The minimum Gasteiger partial charge on any atom is -0.324 e. The van der Waals surface area contributed by atoms with Crippen LogP contribution in [0.2, 0.25) is 5.02 Å². The minimum absolute atomic E-state index is 0.152. The summed E-state index contributed by atoms with van der Waals surface area (Å²) < 4.78 is 12.9. The summed E-state index contributed by atoms with van der Waals surface area (Å²) in [4.78, 5) is 11.8. The molecular weight excluding hydrogens is 309 g/mol. The van der Waals surface area contributed by atoms with Gasteiger partial charge < -0.3 is 5.32 Å². The Morgan fingerprint density at radius 3 is 2.81 bits per heavy atom. The molecule has 0 aliphatic rings. The molecule has 0 spiro atoms. The maximum Gasteiger partial charge on any atom is 0.234 e. The lowest BCUT2D eigenvalue weighted by Gasteiger charge is -2.07. The molecule has 2 aromatic carbocycles. The molecule has 2 nitrogen and oxygen atoms in total. The van der Waals surface area contributed by atoms with Crippen LogP contribution < -0.4 is 5.32 Å². The maximum absolute atomic E-state index is 12.9. The number of carbonyl (C=O) groups is 1. The molecule has 0 saturated carbocycles. The predicted octanol–water partition coefficient (Wildman–Crippen LogP) is 4.66.